The minimum Gasteiger partial charge on any atom is -0.463 e. The Hall–Kier alpha value is -2.00. The summed E-state index contributed by atoms with van der Waals surface area (Å²) in [6.45, 7) is 8.38. The van der Waals surface area contributed by atoms with Gasteiger partial charge in [-0.15, -0.1) is 10.2 Å². The zero-order chi connectivity index (χ0) is 17.5. The molecular formula is C15H26N6O3. The second kappa shape index (κ2) is 8.74. The fraction of sp³-hybridized carbons (Fsp3) is 0.733. The highest BCUT2D eigenvalue weighted by molar-refractivity contribution is 5.69. The molecule has 0 spiro atoms. The number of nitrogens with two attached hydrogens (primary N) is 1. The monoisotopic (exact) mass is 338 g/mol. The zero-order valence-corrected chi connectivity index (χ0v) is 14.3. The molecule has 1 aromatic rings. The number of piperazine rings is 1. The van der Waals surface area contributed by atoms with Crippen molar-refractivity contribution in [3.8, 4) is 0 Å². The van der Waals surface area contributed by atoms with E-state index in [1.807, 2.05) is 4.90 Å². The molecule has 0 amide bonds. The number of aryl methyl sites for hydroxylation is 1. The Labute approximate surface area is 141 Å². The summed E-state index contributed by atoms with van der Waals surface area (Å²) in [5.74, 6) is 0.132. The number of nitrogens with one attached hydrogen (secondary N) is 1. The first-order valence-electron chi connectivity index (χ1n) is 8.32. The number of carbonyl (C=O) groups is 1. The number of H-pyrrole nitrogens is 1. The van der Waals surface area contributed by atoms with Crippen LogP contribution in [0.4, 0.5) is 5.95 Å². The number of ether oxygens (including phenoxy) is 1. The van der Waals surface area contributed by atoms with Crippen molar-refractivity contribution in [3.63, 3.8) is 0 Å². The second-order valence-corrected chi connectivity index (χ2v) is 6.08. The quantitative estimate of drug-likeness (QED) is 0.616. The lowest BCUT2D eigenvalue weighted by Gasteiger charge is -2.34. The van der Waals surface area contributed by atoms with Gasteiger partial charge >= 0.3 is 5.97 Å². The lowest BCUT2D eigenvalue weighted by Crippen LogP contribution is -2.48. The van der Waals surface area contributed by atoms with Crippen LogP contribution in [0.3, 0.4) is 0 Å². The molecule has 0 saturated carbocycles. The third-order valence-corrected chi connectivity index (χ3v) is 3.80. The van der Waals surface area contributed by atoms with Crippen LogP contribution in [0.25, 0.3) is 0 Å². The number of rotatable bonds is 7. The van der Waals surface area contributed by atoms with Crippen LogP contribution in [0.5, 0.6) is 0 Å². The summed E-state index contributed by atoms with van der Waals surface area (Å²) in [7, 11) is 0. The number of aromatic nitrogens is 3. The first-order valence-corrected chi connectivity index (χ1v) is 8.32. The van der Waals surface area contributed by atoms with Gasteiger partial charge in [-0.25, -0.2) is 0 Å². The number of hydrogen-bond donors (Lipinski definition) is 2. The van der Waals surface area contributed by atoms with E-state index in [-0.39, 0.29) is 36.2 Å². The van der Waals surface area contributed by atoms with Gasteiger partial charge in [0.05, 0.1) is 12.5 Å². The van der Waals surface area contributed by atoms with Crippen molar-refractivity contribution >= 4 is 11.9 Å². The summed E-state index contributed by atoms with van der Waals surface area (Å²) in [6.07, 6.45) is 0.174. The predicted molar refractivity (Wildman–Crippen MR) is 89.9 cm³/mol. The Bertz CT molecular complexity index is 595. The molecule has 9 heteroatoms. The first-order chi connectivity index (χ1) is 11.5. The van der Waals surface area contributed by atoms with E-state index >= 15 is 0 Å². The van der Waals surface area contributed by atoms with Gasteiger partial charge in [0.25, 0.3) is 5.56 Å². The third kappa shape index (κ3) is 5.27. The van der Waals surface area contributed by atoms with Crippen molar-refractivity contribution in [2.75, 3.05) is 44.2 Å². The number of aromatic amines is 1. The molecule has 0 aliphatic carbocycles. The van der Waals surface area contributed by atoms with Gasteiger partial charge in [-0.3, -0.25) is 19.5 Å². The van der Waals surface area contributed by atoms with Crippen molar-refractivity contribution in [1.82, 2.24) is 20.1 Å². The van der Waals surface area contributed by atoms with Crippen LogP contribution in [-0.2, 0) is 16.0 Å². The molecule has 1 saturated heterocycles. The summed E-state index contributed by atoms with van der Waals surface area (Å²) in [6, 6.07) is 0. The number of esters is 1. The second-order valence-electron chi connectivity index (χ2n) is 6.08. The molecule has 1 aromatic heterocycles. The summed E-state index contributed by atoms with van der Waals surface area (Å²) in [5, 5.41) is 8.08. The molecule has 1 aliphatic heterocycles. The van der Waals surface area contributed by atoms with E-state index in [2.05, 4.69) is 20.1 Å². The lowest BCUT2D eigenvalue weighted by molar-refractivity contribution is -0.147. The van der Waals surface area contributed by atoms with E-state index in [0.717, 1.165) is 32.7 Å². The van der Waals surface area contributed by atoms with Gasteiger partial charge in [0.15, 0.2) is 0 Å². The Morgan fingerprint density at radius 1 is 1.29 bits per heavy atom. The van der Waals surface area contributed by atoms with Gasteiger partial charge in [0.2, 0.25) is 5.95 Å². The van der Waals surface area contributed by atoms with Crippen LogP contribution in [0, 0.1) is 0 Å². The van der Waals surface area contributed by atoms with Crippen molar-refractivity contribution in [2.45, 2.75) is 32.8 Å². The Morgan fingerprint density at radius 2 is 2.00 bits per heavy atom. The fourth-order valence-electron chi connectivity index (χ4n) is 2.57. The van der Waals surface area contributed by atoms with Crippen LogP contribution in [0.15, 0.2) is 4.79 Å². The smallest absolute Gasteiger partial charge is 0.306 e. The van der Waals surface area contributed by atoms with Gasteiger partial charge < -0.3 is 15.4 Å². The van der Waals surface area contributed by atoms with E-state index in [4.69, 9.17) is 10.5 Å². The molecule has 1 aliphatic rings. The van der Waals surface area contributed by atoms with Gasteiger partial charge in [0, 0.05) is 45.7 Å². The lowest BCUT2D eigenvalue weighted by atomic mass is 10.2. The average Bonchev–Trinajstić information content (AvgIpc) is 2.54. The van der Waals surface area contributed by atoms with Crippen molar-refractivity contribution < 1.29 is 9.53 Å². The largest absolute Gasteiger partial charge is 0.463 e. The molecule has 24 heavy (non-hydrogen) atoms. The summed E-state index contributed by atoms with van der Waals surface area (Å²) in [5.41, 5.74) is 5.51. The summed E-state index contributed by atoms with van der Waals surface area (Å²) >= 11 is 0. The number of hydrogen-bond acceptors (Lipinski definition) is 8. The minimum absolute atomic E-state index is 0.118. The van der Waals surface area contributed by atoms with E-state index in [9.17, 15) is 9.59 Å². The van der Waals surface area contributed by atoms with E-state index in [1.165, 1.54) is 0 Å². The van der Waals surface area contributed by atoms with Crippen LogP contribution >= 0.6 is 0 Å². The van der Waals surface area contributed by atoms with Crippen molar-refractivity contribution in [1.29, 1.82) is 0 Å². The SMILES string of the molecule is CC(C)OC(=O)CCc1nnc(N2CCN(CCN)CC2)[nH]c1=O. The van der Waals surface area contributed by atoms with Crippen LogP contribution in [0.2, 0.25) is 0 Å². The minimum atomic E-state index is -0.341. The first kappa shape index (κ1) is 18.3. The highest BCUT2D eigenvalue weighted by Crippen LogP contribution is 2.08. The maximum atomic E-state index is 12.1. The Morgan fingerprint density at radius 3 is 2.58 bits per heavy atom. The zero-order valence-electron chi connectivity index (χ0n) is 14.3. The van der Waals surface area contributed by atoms with Crippen molar-refractivity contribution in [2.24, 2.45) is 5.73 Å². The molecule has 0 aromatic carbocycles. The van der Waals surface area contributed by atoms with Gasteiger partial charge in [-0.2, -0.15) is 0 Å². The predicted octanol–water partition coefficient (Wildman–Crippen LogP) is -0.870. The average molecular weight is 338 g/mol. The molecule has 3 N–H and O–H groups in total. The van der Waals surface area contributed by atoms with E-state index in [1.54, 1.807) is 13.8 Å². The maximum absolute atomic E-state index is 12.1. The standard InChI is InChI=1S/C15H26N6O3/c1-11(2)24-13(22)4-3-12-14(23)17-15(19-18-12)21-9-7-20(6-5-16)8-10-21/h11H,3-10,16H2,1-2H3,(H,17,19,23). The highest BCUT2D eigenvalue weighted by Gasteiger charge is 2.19. The molecule has 9 nitrogen and oxygen atoms in total. The van der Waals surface area contributed by atoms with E-state index in [0.29, 0.717) is 12.5 Å². The van der Waals surface area contributed by atoms with Crippen LogP contribution in [0.1, 0.15) is 26.0 Å². The van der Waals surface area contributed by atoms with E-state index < -0.39 is 0 Å². The normalized spacial score (nSPS) is 15.8. The Balaban J connectivity index is 1.90. The molecule has 0 radical (unpaired) electrons. The molecule has 0 unspecified atom stereocenters. The van der Waals surface area contributed by atoms with Gasteiger partial charge in [-0.05, 0) is 13.8 Å². The molecule has 2 rings (SSSR count). The topological polar surface area (TPSA) is 117 Å². The number of carbonyl (C=O) groups excluding carboxylic acids is 1. The van der Waals surface area contributed by atoms with Crippen molar-refractivity contribution in [3.05, 3.63) is 16.0 Å². The summed E-state index contributed by atoms with van der Waals surface area (Å²) < 4.78 is 5.04. The highest BCUT2D eigenvalue weighted by atomic mass is 16.5. The molecule has 0 bridgehead atoms. The van der Waals surface area contributed by atoms with Crippen LogP contribution < -0.4 is 16.2 Å². The fourth-order valence-corrected chi connectivity index (χ4v) is 2.57. The Kier molecular flexibility index (Phi) is 6.68. The third-order valence-electron chi connectivity index (χ3n) is 3.80. The van der Waals surface area contributed by atoms with Gasteiger partial charge in [-0.1, -0.05) is 0 Å². The number of nitrogens with zero attached hydrogens (tertiary/aromatic N) is 4. The molecule has 0 atom stereocenters. The molecule has 1 fully saturated rings. The molecule has 134 valence electrons. The maximum Gasteiger partial charge on any atom is 0.306 e. The number of anilines is 1. The molecule has 2 heterocycles. The molecular weight excluding hydrogens is 312 g/mol. The van der Waals surface area contributed by atoms with Crippen LogP contribution in [-0.4, -0.2) is 71.4 Å². The van der Waals surface area contributed by atoms with Gasteiger partial charge in [0.1, 0.15) is 5.69 Å². The summed E-state index contributed by atoms with van der Waals surface area (Å²) in [4.78, 5) is 30.7.